The van der Waals surface area contributed by atoms with Gasteiger partial charge >= 0.3 is 0 Å². The number of furan rings is 1. The predicted octanol–water partition coefficient (Wildman–Crippen LogP) is 5.45. The van der Waals surface area contributed by atoms with E-state index in [1.54, 1.807) is 12.1 Å². The number of nitrogens with one attached hydrogen (secondary N) is 1. The maximum atomic E-state index is 12.9. The number of aryl methyl sites for hydroxylation is 1. The summed E-state index contributed by atoms with van der Waals surface area (Å²) in [6.45, 7) is 3.36. The lowest BCUT2D eigenvalue weighted by atomic mass is 10.1. The van der Waals surface area contributed by atoms with Crippen molar-refractivity contribution in [2.45, 2.75) is 20.0 Å². The Balaban J connectivity index is 1.60. The molecule has 0 fully saturated rings. The Morgan fingerprint density at radius 3 is 2.52 bits per heavy atom. The Labute approximate surface area is 143 Å². The molecule has 0 saturated carbocycles. The Kier molecular flexibility index (Phi) is 4.94. The number of benzene rings is 2. The van der Waals surface area contributed by atoms with Gasteiger partial charge in [-0.05, 0) is 54.4 Å². The van der Waals surface area contributed by atoms with Crippen molar-refractivity contribution in [2.75, 3.05) is 0 Å². The molecule has 3 aromatic rings. The van der Waals surface area contributed by atoms with Gasteiger partial charge in [0.15, 0.2) is 0 Å². The minimum Gasteiger partial charge on any atom is -0.460 e. The van der Waals surface area contributed by atoms with Gasteiger partial charge < -0.3 is 9.73 Å². The predicted molar refractivity (Wildman–Crippen MR) is 93.5 cm³/mol. The minimum absolute atomic E-state index is 0.214. The average Bonchev–Trinajstić information content (AvgIpc) is 3.01. The fraction of sp³-hybridized carbons (Fsp3) is 0.158. The van der Waals surface area contributed by atoms with E-state index in [1.165, 1.54) is 17.7 Å². The minimum atomic E-state index is -0.214. The number of halogens is 2. The zero-order chi connectivity index (χ0) is 16.2. The third-order valence-corrected chi connectivity index (χ3v) is 4.54. The van der Waals surface area contributed by atoms with Gasteiger partial charge in [0.2, 0.25) is 0 Å². The first-order valence-electron chi connectivity index (χ1n) is 7.42. The molecule has 0 unspecified atom stereocenters. The van der Waals surface area contributed by atoms with Crippen LogP contribution in [0.4, 0.5) is 4.39 Å². The molecule has 0 saturated heterocycles. The molecular formula is C19H17BrFNO. The topological polar surface area (TPSA) is 25.2 Å². The average molecular weight is 374 g/mol. The van der Waals surface area contributed by atoms with Crippen molar-refractivity contribution in [1.82, 2.24) is 5.32 Å². The van der Waals surface area contributed by atoms with E-state index in [9.17, 15) is 4.39 Å². The standard InChI is InChI=1S/C19H17BrFNO/c1-13-10-15(4-8-18(13)20)19-9-7-17(23-19)12-22-11-14-2-5-16(21)6-3-14/h2-10,22H,11-12H2,1H3. The molecular weight excluding hydrogens is 357 g/mol. The van der Waals surface area contributed by atoms with Crippen LogP contribution in [-0.2, 0) is 13.1 Å². The van der Waals surface area contributed by atoms with E-state index >= 15 is 0 Å². The summed E-state index contributed by atoms with van der Waals surface area (Å²) in [5, 5.41) is 3.30. The first kappa shape index (κ1) is 16.0. The molecule has 1 aromatic heterocycles. The van der Waals surface area contributed by atoms with E-state index in [2.05, 4.69) is 34.2 Å². The van der Waals surface area contributed by atoms with Gasteiger partial charge in [-0.25, -0.2) is 4.39 Å². The SMILES string of the molecule is Cc1cc(-c2ccc(CNCc3ccc(F)cc3)o2)ccc1Br. The number of hydrogen-bond acceptors (Lipinski definition) is 2. The molecule has 2 nitrogen and oxygen atoms in total. The van der Waals surface area contributed by atoms with Gasteiger partial charge in [-0.15, -0.1) is 0 Å². The van der Waals surface area contributed by atoms with Crippen molar-refractivity contribution in [1.29, 1.82) is 0 Å². The Morgan fingerprint density at radius 1 is 1.00 bits per heavy atom. The van der Waals surface area contributed by atoms with Crippen LogP contribution in [0.5, 0.6) is 0 Å². The van der Waals surface area contributed by atoms with E-state index < -0.39 is 0 Å². The third-order valence-electron chi connectivity index (χ3n) is 3.65. The summed E-state index contributed by atoms with van der Waals surface area (Å²) in [6.07, 6.45) is 0. The molecule has 23 heavy (non-hydrogen) atoms. The van der Waals surface area contributed by atoms with Gasteiger partial charge in [0.05, 0.1) is 6.54 Å². The molecule has 4 heteroatoms. The van der Waals surface area contributed by atoms with E-state index in [0.717, 1.165) is 27.1 Å². The van der Waals surface area contributed by atoms with Gasteiger partial charge in [0, 0.05) is 16.6 Å². The molecule has 118 valence electrons. The Morgan fingerprint density at radius 2 is 1.78 bits per heavy atom. The summed E-state index contributed by atoms with van der Waals surface area (Å²) in [5.41, 5.74) is 3.28. The molecule has 0 amide bonds. The second kappa shape index (κ2) is 7.11. The maximum absolute atomic E-state index is 12.9. The highest BCUT2D eigenvalue weighted by Crippen LogP contribution is 2.26. The van der Waals surface area contributed by atoms with Crippen molar-refractivity contribution >= 4 is 15.9 Å². The largest absolute Gasteiger partial charge is 0.460 e. The molecule has 0 aliphatic heterocycles. The number of hydrogen-bond donors (Lipinski definition) is 1. The molecule has 0 radical (unpaired) electrons. The third kappa shape index (κ3) is 4.09. The lowest BCUT2D eigenvalue weighted by Crippen LogP contribution is -2.11. The Bertz CT molecular complexity index is 795. The summed E-state index contributed by atoms with van der Waals surface area (Å²) >= 11 is 3.50. The molecule has 1 N–H and O–H groups in total. The molecule has 0 aliphatic carbocycles. The van der Waals surface area contributed by atoms with Crippen LogP contribution in [0.3, 0.4) is 0 Å². The van der Waals surface area contributed by atoms with E-state index in [1.807, 2.05) is 24.3 Å². The van der Waals surface area contributed by atoms with Crippen LogP contribution in [0.2, 0.25) is 0 Å². The van der Waals surface area contributed by atoms with E-state index in [-0.39, 0.29) is 5.82 Å². The molecule has 0 aliphatic rings. The van der Waals surface area contributed by atoms with Crippen LogP contribution in [-0.4, -0.2) is 0 Å². The van der Waals surface area contributed by atoms with Gasteiger partial charge in [-0.1, -0.05) is 34.1 Å². The van der Waals surface area contributed by atoms with Gasteiger partial charge in [0.1, 0.15) is 17.3 Å². The van der Waals surface area contributed by atoms with Crippen molar-refractivity contribution < 1.29 is 8.81 Å². The maximum Gasteiger partial charge on any atom is 0.134 e. The second-order valence-electron chi connectivity index (χ2n) is 5.46. The van der Waals surface area contributed by atoms with Crippen LogP contribution >= 0.6 is 15.9 Å². The zero-order valence-electron chi connectivity index (χ0n) is 12.8. The fourth-order valence-electron chi connectivity index (χ4n) is 2.36. The van der Waals surface area contributed by atoms with Crippen LogP contribution < -0.4 is 5.32 Å². The molecule has 0 bridgehead atoms. The van der Waals surface area contributed by atoms with Gasteiger partial charge in [-0.2, -0.15) is 0 Å². The summed E-state index contributed by atoms with van der Waals surface area (Å²) < 4.78 is 19.8. The summed E-state index contributed by atoms with van der Waals surface area (Å²) in [7, 11) is 0. The molecule has 2 aromatic carbocycles. The van der Waals surface area contributed by atoms with E-state index in [4.69, 9.17) is 4.42 Å². The molecule has 0 spiro atoms. The monoisotopic (exact) mass is 373 g/mol. The van der Waals surface area contributed by atoms with Crippen molar-refractivity contribution in [3.8, 4) is 11.3 Å². The first-order valence-corrected chi connectivity index (χ1v) is 8.21. The highest BCUT2D eigenvalue weighted by atomic mass is 79.9. The van der Waals surface area contributed by atoms with Crippen molar-refractivity contribution in [3.63, 3.8) is 0 Å². The van der Waals surface area contributed by atoms with Crippen LogP contribution in [0, 0.1) is 12.7 Å². The van der Waals surface area contributed by atoms with E-state index in [0.29, 0.717) is 13.1 Å². The quantitative estimate of drug-likeness (QED) is 0.643. The fourth-order valence-corrected chi connectivity index (χ4v) is 2.60. The normalized spacial score (nSPS) is 10.9. The van der Waals surface area contributed by atoms with Crippen molar-refractivity contribution in [3.05, 3.63) is 81.8 Å². The molecule has 1 heterocycles. The van der Waals surface area contributed by atoms with Crippen LogP contribution in [0.15, 0.2) is 63.5 Å². The lowest BCUT2D eigenvalue weighted by Gasteiger charge is -2.04. The highest BCUT2D eigenvalue weighted by molar-refractivity contribution is 9.10. The van der Waals surface area contributed by atoms with Gasteiger partial charge in [-0.3, -0.25) is 0 Å². The molecule has 3 rings (SSSR count). The molecule has 0 atom stereocenters. The second-order valence-corrected chi connectivity index (χ2v) is 6.31. The van der Waals surface area contributed by atoms with Crippen molar-refractivity contribution in [2.24, 2.45) is 0 Å². The smallest absolute Gasteiger partial charge is 0.134 e. The summed E-state index contributed by atoms with van der Waals surface area (Å²) in [6, 6.07) is 16.6. The summed E-state index contributed by atoms with van der Waals surface area (Å²) in [5.74, 6) is 1.52. The number of rotatable bonds is 5. The van der Waals surface area contributed by atoms with Gasteiger partial charge in [0.25, 0.3) is 0 Å². The van der Waals surface area contributed by atoms with Crippen LogP contribution in [0.25, 0.3) is 11.3 Å². The summed E-state index contributed by atoms with van der Waals surface area (Å²) in [4.78, 5) is 0. The van der Waals surface area contributed by atoms with Crippen LogP contribution in [0.1, 0.15) is 16.9 Å². The first-order chi connectivity index (χ1) is 11.1. The zero-order valence-corrected chi connectivity index (χ0v) is 14.4. The lowest BCUT2D eigenvalue weighted by molar-refractivity contribution is 0.493. The highest BCUT2D eigenvalue weighted by Gasteiger charge is 2.06. The Hall–Kier alpha value is -1.91.